The molecule has 1 atom stereocenters. The lowest BCUT2D eigenvalue weighted by Crippen LogP contribution is -2.31. The van der Waals surface area contributed by atoms with Gasteiger partial charge in [0.15, 0.2) is 5.92 Å². The standard InChI is InChI=1S/C18H34O4/c1-7-9-15(8-2)10-16(17(19)21-11-13(3)4)18(20)22-12-14(5)6/h13-16H,7-12H2,1-6H3. The first-order chi connectivity index (χ1) is 10.3. The average Bonchev–Trinajstić information content (AvgIpc) is 2.46. The molecule has 0 saturated carbocycles. The fraction of sp³-hybridized carbons (Fsp3) is 0.889. The molecule has 0 bridgehead atoms. The number of hydrogen-bond donors (Lipinski definition) is 0. The van der Waals surface area contributed by atoms with Crippen molar-refractivity contribution >= 4 is 11.9 Å². The van der Waals surface area contributed by atoms with Crippen LogP contribution in [0.5, 0.6) is 0 Å². The molecule has 0 aromatic rings. The van der Waals surface area contributed by atoms with Crippen LogP contribution in [0.15, 0.2) is 0 Å². The van der Waals surface area contributed by atoms with Crippen molar-refractivity contribution in [3.8, 4) is 0 Å². The third kappa shape index (κ3) is 9.06. The van der Waals surface area contributed by atoms with Crippen molar-refractivity contribution in [2.24, 2.45) is 23.7 Å². The van der Waals surface area contributed by atoms with Crippen LogP contribution in [-0.4, -0.2) is 25.2 Å². The molecule has 0 fully saturated rings. The molecular weight excluding hydrogens is 280 g/mol. The molecule has 0 heterocycles. The van der Waals surface area contributed by atoms with Crippen molar-refractivity contribution in [2.75, 3.05) is 13.2 Å². The molecule has 0 aromatic carbocycles. The molecule has 0 spiro atoms. The van der Waals surface area contributed by atoms with E-state index in [1.807, 2.05) is 27.7 Å². The molecule has 0 N–H and O–H groups in total. The van der Waals surface area contributed by atoms with Gasteiger partial charge in [-0.2, -0.15) is 0 Å². The number of carbonyl (C=O) groups is 2. The van der Waals surface area contributed by atoms with Crippen molar-refractivity contribution in [1.82, 2.24) is 0 Å². The van der Waals surface area contributed by atoms with Gasteiger partial charge in [0, 0.05) is 0 Å². The van der Waals surface area contributed by atoms with E-state index in [2.05, 4.69) is 13.8 Å². The lowest BCUT2D eigenvalue weighted by Gasteiger charge is -2.21. The zero-order valence-corrected chi connectivity index (χ0v) is 15.2. The van der Waals surface area contributed by atoms with Gasteiger partial charge in [0.25, 0.3) is 0 Å². The summed E-state index contributed by atoms with van der Waals surface area (Å²) in [5, 5.41) is 0. The molecule has 4 nitrogen and oxygen atoms in total. The maximum atomic E-state index is 12.3. The topological polar surface area (TPSA) is 52.6 Å². The molecule has 1 unspecified atom stereocenters. The normalized spacial score (nSPS) is 12.8. The minimum atomic E-state index is -0.783. The molecule has 0 saturated heterocycles. The third-order valence-electron chi connectivity index (χ3n) is 3.53. The van der Waals surface area contributed by atoms with E-state index in [1.165, 1.54) is 0 Å². The predicted octanol–water partition coefficient (Wildman–Crippen LogP) is 4.22. The molecule has 22 heavy (non-hydrogen) atoms. The summed E-state index contributed by atoms with van der Waals surface area (Å²) in [6.45, 7) is 12.8. The van der Waals surface area contributed by atoms with Gasteiger partial charge in [-0.15, -0.1) is 0 Å². The lowest BCUT2D eigenvalue weighted by molar-refractivity contribution is -0.164. The molecule has 0 radical (unpaired) electrons. The van der Waals surface area contributed by atoms with Gasteiger partial charge in [-0.1, -0.05) is 60.8 Å². The van der Waals surface area contributed by atoms with Crippen LogP contribution in [0.2, 0.25) is 0 Å². The van der Waals surface area contributed by atoms with Crippen LogP contribution in [-0.2, 0) is 19.1 Å². The monoisotopic (exact) mass is 314 g/mol. The second-order valence-corrected chi connectivity index (χ2v) is 6.90. The first-order valence-electron chi connectivity index (χ1n) is 8.64. The van der Waals surface area contributed by atoms with Gasteiger partial charge in [0.1, 0.15) is 0 Å². The Morgan fingerprint density at radius 1 is 0.864 bits per heavy atom. The van der Waals surface area contributed by atoms with E-state index in [1.54, 1.807) is 0 Å². The van der Waals surface area contributed by atoms with Crippen LogP contribution in [0, 0.1) is 23.7 Å². The van der Waals surface area contributed by atoms with E-state index >= 15 is 0 Å². The zero-order chi connectivity index (χ0) is 17.1. The van der Waals surface area contributed by atoms with Gasteiger partial charge in [-0.3, -0.25) is 9.59 Å². The summed E-state index contributed by atoms with van der Waals surface area (Å²) in [7, 11) is 0. The van der Waals surface area contributed by atoms with Gasteiger partial charge >= 0.3 is 11.9 Å². The Kier molecular flexibility index (Phi) is 10.9. The number of carbonyl (C=O) groups excluding carboxylic acids is 2. The largest absolute Gasteiger partial charge is 0.465 e. The summed E-state index contributed by atoms with van der Waals surface area (Å²) in [4.78, 5) is 24.5. The first kappa shape index (κ1) is 20.9. The van der Waals surface area contributed by atoms with E-state index in [4.69, 9.17) is 9.47 Å². The van der Waals surface area contributed by atoms with Crippen molar-refractivity contribution in [3.63, 3.8) is 0 Å². The summed E-state index contributed by atoms with van der Waals surface area (Å²) in [6.07, 6.45) is 3.55. The Bertz CT molecular complexity index is 299. The highest BCUT2D eigenvalue weighted by atomic mass is 16.6. The molecule has 0 aliphatic rings. The number of esters is 2. The Morgan fingerprint density at radius 2 is 1.32 bits per heavy atom. The van der Waals surface area contributed by atoms with Gasteiger partial charge in [0.05, 0.1) is 13.2 Å². The smallest absolute Gasteiger partial charge is 0.320 e. The van der Waals surface area contributed by atoms with Crippen LogP contribution >= 0.6 is 0 Å². The summed E-state index contributed by atoms with van der Waals surface area (Å²) < 4.78 is 10.6. The first-order valence-corrected chi connectivity index (χ1v) is 8.64. The summed E-state index contributed by atoms with van der Waals surface area (Å²) >= 11 is 0. The third-order valence-corrected chi connectivity index (χ3v) is 3.53. The van der Waals surface area contributed by atoms with E-state index in [-0.39, 0.29) is 11.8 Å². The Hall–Kier alpha value is -1.06. The highest BCUT2D eigenvalue weighted by Crippen LogP contribution is 2.23. The molecule has 0 aromatic heterocycles. The summed E-state index contributed by atoms with van der Waals surface area (Å²) in [6, 6.07) is 0. The van der Waals surface area contributed by atoms with Gasteiger partial charge in [0.2, 0.25) is 0 Å². The fourth-order valence-electron chi connectivity index (χ4n) is 2.22. The molecule has 0 amide bonds. The second kappa shape index (κ2) is 11.5. The molecule has 0 aliphatic heterocycles. The Morgan fingerprint density at radius 3 is 1.64 bits per heavy atom. The van der Waals surface area contributed by atoms with E-state index in [0.717, 1.165) is 19.3 Å². The predicted molar refractivity (Wildman–Crippen MR) is 88.4 cm³/mol. The SMILES string of the molecule is CCCC(CC)CC(C(=O)OCC(C)C)C(=O)OCC(C)C. The lowest BCUT2D eigenvalue weighted by atomic mass is 9.89. The van der Waals surface area contributed by atoms with Crippen LogP contribution in [0.1, 0.15) is 67.2 Å². The van der Waals surface area contributed by atoms with Crippen LogP contribution < -0.4 is 0 Å². The van der Waals surface area contributed by atoms with Crippen LogP contribution in [0.3, 0.4) is 0 Å². The highest BCUT2D eigenvalue weighted by Gasteiger charge is 2.32. The Labute approximate surface area is 135 Å². The van der Waals surface area contributed by atoms with Crippen LogP contribution in [0.4, 0.5) is 0 Å². The highest BCUT2D eigenvalue weighted by molar-refractivity contribution is 5.94. The van der Waals surface area contributed by atoms with Crippen molar-refractivity contribution in [1.29, 1.82) is 0 Å². The van der Waals surface area contributed by atoms with Crippen LogP contribution in [0.25, 0.3) is 0 Å². The zero-order valence-electron chi connectivity index (χ0n) is 15.2. The van der Waals surface area contributed by atoms with Gasteiger partial charge in [-0.25, -0.2) is 0 Å². The number of hydrogen-bond acceptors (Lipinski definition) is 4. The maximum absolute atomic E-state index is 12.3. The summed E-state index contributed by atoms with van der Waals surface area (Å²) in [5.41, 5.74) is 0. The number of ether oxygens (including phenoxy) is 2. The average molecular weight is 314 g/mol. The van der Waals surface area contributed by atoms with E-state index in [9.17, 15) is 9.59 Å². The fourth-order valence-corrected chi connectivity index (χ4v) is 2.22. The maximum Gasteiger partial charge on any atom is 0.320 e. The summed E-state index contributed by atoms with van der Waals surface area (Å²) in [5.74, 6) is -0.779. The minimum absolute atomic E-state index is 0.258. The molecular formula is C18H34O4. The van der Waals surface area contributed by atoms with Gasteiger partial charge < -0.3 is 9.47 Å². The Balaban J connectivity index is 4.79. The van der Waals surface area contributed by atoms with E-state index < -0.39 is 17.9 Å². The molecule has 130 valence electrons. The number of rotatable bonds is 11. The van der Waals surface area contributed by atoms with Crippen molar-refractivity contribution < 1.29 is 19.1 Å². The second-order valence-electron chi connectivity index (χ2n) is 6.90. The van der Waals surface area contributed by atoms with E-state index in [0.29, 0.717) is 25.6 Å². The minimum Gasteiger partial charge on any atom is -0.465 e. The van der Waals surface area contributed by atoms with Crippen molar-refractivity contribution in [3.05, 3.63) is 0 Å². The quantitative estimate of drug-likeness (QED) is 0.423. The molecule has 0 aliphatic carbocycles. The van der Waals surface area contributed by atoms with Crippen molar-refractivity contribution in [2.45, 2.75) is 67.2 Å². The molecule has 4 heteroatoms. The molecule has 0 rings (SSSR count). The van der Waals surface area contributed by atoms with Gasteiger partial charge in [-0.05, 0) is 24.2 Å².